The predicted octanol–water partition coefficient (Wildman–Crippen LogP) is 3.04. The topological polar surface area (TPSA) is 44.5 Å². The van der Waals surface area contributed by atoms with Gasteiger partial charge in [-0.15, -0.1) is 0 Å². The maximum Gasteiger partial charge on any atom is 0.0972 e. The third-order valence-electron chi connectivity index (χ3n) is 5.58. The summed E-state index contributed by atoms with van der Waals surface area (Å²) >= 11 is 0. The van der Waals surface area contributed by atoms with Gasteiger partial charge >= 0.3 is 0 Å². The average molecular weight is 377 g/mol. The minimum Gasteiger partial charge on any atom is -0.396 e. The van der Waals surface area contributed by atoms with Crippen LogP contribution in [0.25, 0.3) is 16.9 Å². The molecular weight excluding hydrogens is 348 g/mol. The van der Waals surface area contributed by atoms with E-state index in [9.17, 15) is 5.11 Å². The predicted molar refractivity (Wildman–Crippen MR) is 112 cm³/mol. The number of piperazine rings is 1. The third kappa shape index (κ3) is 4.17. The molecule has 0 saturated carbocycles. The van der Waals surface area contributed by atoms with Crippen LogP contribution in [0.4, 0.5) is 0 Å². The van der Waals surface area contributed by atoms with E-state index in [1.54, 1.807) is 0 Å². The van der Waals surface area contributed by atoms with Crippen LogP contribution in [0.15, 0.2) is 66.9 Å². The summed E-state index contributed by atoms with van der Waals surface area (Å²) in [7, 11) is 2.15. The monoisotopic (exact) mass is 376 g/mol. The second-order valence-electron chi connectivity index (χ2n) is 7.53. The van der Waals surface area contributed by atoms with Crippen LogP contribution in [0.3, 0.4) is 0 Å². The first-order chi connectivity index (χ1) is 13.7. The molecule has 1 fully saturated rings. The van der Waals surface area contributed by atoms with Crippen molar-refractivity contribution in [1.29, 1.82) is 0 Å². The zero-order valence-corrected chi connectivity index (χ0v) is 16.4. The summed E-state index contributed by atoms with van der Waals surface area (Å²) in [5, 5.41) is 14.3. The molecule has 0 radical (unpaired) electrons. The smallest absolute Gasteiger partial charge is 0.0972 e. The Morgan fingerprint density at radius 2 is 1.71 bits per heavy atom. The lowest BCUT2D eigenvalue weighted by molar-refractivity contribution is 0.0744. The highest BCUT2D eigenvalue weighted by atomic mass is 16.3. The molecule has 5 nitrogen and oxygen atoms in total. The van der Waals surface area contributed by atoms with Crippen molar-refractivity contribution in [2.75, 3.05) is 33.3 Å². The van der Waals surface area contributed by atoms with Gasteiger partial charge in [0.15, 0.2) is 0 Å². The quantitative estimate of drug-likeness (QED) is 0.718. The highest BCUT2D eigenvalue weighted by Crippen LogP contribution is 2.25. The molecule has 0 aliphatic carbocycles. The molecule has 0 spiro atoms. The molecule has 4 rings (SSSR count). The van der Waals surface area contributed by atoms with Crippen molar-refractivity contribution in [2.24, 2.45) is 0 Å². The van der Waals surface area contributed by atoms with Crippen molar-refractivity contribution >= 4 is 0 Å². The number of aliphatic hydroxyl groups excluding tert-OH is 1. The lowest BCUT2D eigenvalue weighted by Gasteiger charge is -2.39. The Hall–Kier alpha value is -2.47. The minimum absolute atomic E-state index is 0.240. The summed E-state index contributed by atoms with van der Waals surface area (Å²) in [4.78, 5) is 4.84. The highest BCUT2D eigenvalue weighted by Gasteiger charge is 2.25. The average Bonchev–Trinajstić information content (AvgIpc) is 3.16. The highest BCUT2D eigenvalue weighted by molar-refractivity contribution is 5.63. The van der Waals surface area contributed by atoms with Gasteiger partial charge in [-0.05, 0) is 25.6 Å². The maximum absolute atomic E-state index is 9.38. The van der Waals surface area contributed by atoms with Crippen LogP contribution in [0.1, 0.15) is 12.0 Å². The minimum atomic E-state index is 0.240. The molecule has 2 heterocycles. The Morgan fingerprint density at radius 3 is 2.43 bits per heavy atom. The first-order valence-electron chi connectivity index (χ1n) is 9.97. The summed E-state index contributed by atoms with van der Waals surface area (Å²) in [5.41, 5.74) is 4.50. The summed E-state index contributed by atoms with van der Waals surface area (Å²) < 4.78 is 1.99. The van der Waals surface area contributed by atoms with E-state index in [1.807, 2.05) is 28.9 Å². The molecule has 5 heteroatoms. The summed E-state index contributed by atoms with van der Waals surface area (Å²) in [6.45, 7) is 4.14. The zero-order chi connectivity index (χ0) is 19.3. The molecule has 146 valence electrons. The van der Waals surface area contributed by atoms with Crippen LogP contribution in [-0.2, 0) is 6.54 Å². The van der Waals surface area contributed by atoms with E-state index in [1.165, 1.54) is 5.56 Å². The third-order valence-corrected chi connectivity index (χ3v) is 5.58. The van der Waals surface area contributed by atoms with Gasteiger partial charge < -0.3 is 10.0 Å². The van der Waals surface area contributed by atoms with Gasteiger partial charge in [-0.2, -0.15) is 5.10 Å². The number of nitrogens with zero attached hydrogens (tertiary/aromatic N) is 4. The van der Waals surface area contributed by atoms with Crippen LogP contribution in [0.5, 0.6) is 0 Å². The number of aliphatic hydroxyl groups is 1. The van der Waals surface area contributed by atoms with E-state index >= 15 is 0 Å². The maximum atomic E-state index is 9.38. The Morgan fingerprint density at radius 1 is 1.00 bits per heavy atom. The number of hydrogen-bond donors (Lipinski definition) is 1. The van der Waals surface area contributed by atoms with Crippen molar-refractivity contribution in [3.8, 4) is 16.9 Å². The fraction of sp³-hybridized carbons (Fsp3) is 0.348. The molecule has 0 bridgehead atoms. The summed E-state index contributed by atoms with van der Waals surface area (Å²) in [5.74, 6) is 0. The molecule has 1 N–H and O–H groups in total. The lowest BCUT2D eigenvalue weighted by atomic mass is 10.1. The summed E-state index contributed by atoms with van der Waals surface area (Å²) in [6.07, 6.45) is 2.98. The van der Waals surface area contributed by atoms with Crippen LogP contribution in [0, 0.1) is 0 Å². The SMILES string of the molecule is CN1CCN(Cc2cn(-c3ccccc3)nc2-c2ccccc2)C[C@@H]1CCO. The number of para-hydroxylation sites is 1. The first kappa shape index (κ1) is 18.9. The van der Waals surface area contributed by atoms with Crippen LogP contribution in [-0.4, -0.2) is 64.0 Å². The number of hydrogen-bond acceptors (Lipinski definition) is 4. The molecule has 0 amide bonds. The van der Waals surface area contributed by atoms with Crippen molar-refractivity contribution in [3.63, 3.8) is 0 Å². The van der Waals surface area contributed by atoms with Gasteiger partial charge in [-0.3, -0.25) is 4.90 Å². The van der Waals surface area contributed by atoms with E-state index < -0.39 is 0 Å². The number of likely N-dealkylation sites (N-methyl/N-ethyl adjacent to an activating group) is 1. The molecular formula is C23H28N4O. The van der Waals surface area contributed by atoms with E-state index in [0.29, 0.717) is 6.04 Å². The fourth-order valence-corrected chi connectivity index (χ4v) is 3.93. The van der Waals surface area contributed by atoms with Gasteiger partial charge in [-0.25, -0.2) is 4.68 Å². The van der Waals surface area contributed by atoms with Gasteiger partial charge in [0.05, 0.1) is 11.4 Å². The Labute approximate surface area is 166 Å². The van der Waals surface area contributed by atoms with Gasteiger partial charge in [0.25, 0.3) is 0 Å². The van der Waals surface area contributed by atoms with Gasteiger partial charge in [0, 0.05) is 56.2 Å². The van der Waals surface area contributed by atoms with Crippen molar-refractivity contribution in [3.05, 3.63) is 72.4 Å². The van der Waals surface area contributed by atoms with E-state index in [2.05, 4.69) is 59.4 Å². The molecule has 1 aromatic heterocycles. The molecule has 1 atom stereocenters. The van der Waals surface area contributed by atoms with E-state index in [4.69, 9.17) is 5.10 Å². The van der Waals surface area contributed by atoms with E-state index in [-0.39, 0.29) is 6.61 Å². The normalized spacial score (nSPS) is 18.4. The standard InChI is InChI=1S/C23H28N4O/c1-25-13-14-26(18-22(25)12-15-28)16-20-17-27(21-10-6-3-7-11-21)24-23(20)19-8-4-2-5-9-19/h2-11,17,22,28H,12-16,18H2,1H3/t22-/m0/s1. The first-order valence-corrected chi connectivity index (χ1v) is 9.97. The second-order valence-corrected chi connectivity index (χ2v) is 7.53. The number of benzene rings is 2. The fourth-order valence-electron chi connectivity index (χ4n) is 3.93. The molecule has 0 unspecified atom stereocenters. The Bertz CT molecular complexity index is 878. The van der Waals surface area contributed by atoms with Crippen molar-refractivity contribution in [1.82, 2.24) is 19.6 Å². The molecule has 2 aromatic carbocycles. The van der Waals surface area contributed by atoms with E-state index in [0.717, 1.165) is 49.5 Å². The van der Waals surface area contributed by atoms with Crippen molar-refractivity contribution in [2.45, 2.75) is 19.0 Å². The Balaban J connectivity index is 1.63. The second kappa shape index (κ2) is 8.69. The van der Waals surface area contributed by atoms with Crippen LogP contribution < -0.4 is 0 Å². The molecule has 3 aromatic rings. The summed E-state index contributed by atoms with van der Waals surface area (Å²) in [6, 6.07) is 21.1. The van der Waals surface area contributed by atoms with Gasteiger partial charge in [-0.1, -0.05) is 48.5 Å². The lowest BCUT2D eigenvalue weighted by Crippen LogP contribution is -2.51. The largest absolute Gasteiger partial charge is 0.396 e. The molecule has 28 heavy (non-hydrogen) atoms. The molecule has 1 saturated heterocycles. The Kier molecular flexibility index (Phi) is 5.86. The zero-order valence-electron chi connectivity index (χ0n) is 16.4. The van der Waals surface area contributed by atoms with Crippen LogP contribution >= 0.6 is 0 Å². The molecule has 1 aliphatic heterocycles. The number of rotatable bonds is 6. The van der Waals surface area contributed by atoms with Gasteiger partial charge in [0.1, 0.15) is 0 Å². The number of aromatic nitrogens is 2. The van der Waals surface area contributed by atoms with Crippen LogP contribution in [0.2, 0.25) is 0 Å². The van der Waals surface area contributed by atoms with Gasteiger partial charge in [0.2, 0.25) is 0 Å². The van der Waals surface area contributed by atoms with Crippen molar-refractivity contribution < 1.29 is 5.11 Å². The molecule has 1 aliphatic rings.